The van der Waals surface area contributed by atoms with E-state index in [0.29, 0.717) is 18.5 Å². The van der Waals surface area contributed by atoms with E-state index in [4.69, 9.17) is 5.11 Å². The van der Waals surface area contributed by atoms with Crippen molar-refractivity contribution in [3.8, 4) is 0 Å². The molecule has 130 valence electrons. The van der Waals surface area contributed by atoms with Crippen LogP contribution in [0, 0.1) is 0 Å². The number of amides is 1. The molecule has 2 N–H and O–H groups in total. The molecule has 2 rings (SSSR count). The highest BCUT2D eigenvalue weighted by Crippen LogP contribution is 2.23. The van der Waals surface area contributed by atoms with Crippen molar-refractivity contribution in [2.24, 2.45) is 0 Å². The van der Waals surface area contributed by atoms with Crippen molar-refractivity contribution in [1.29, 1.82) is 0 Å². The molecule has 1 amide bonds. The third kappa shape index (κ3) is 5.80. The van der Waals surface area contributed by atoms with E-state index < -0.39 is 5.97 Å². The predicted octanol–water partition coefficient (Wildman–Crippen LogP) is 2.90. The van der Waals surface area contributed by atoms with Crippen LogP contribution in [-0.2, 0) is 22.4 Å². The molecule has 24 heavy (non-hydrogen) atoms. The van der Waals surface area contributed by atoms with Crippen molar-refractivity contribution in [2.45, 2.75) is 57.8 Å². The van der Waals surface area contributed by atoms with Gasteiger partial charge in [0.15, 0.2) is 5.78 Å². The molecule has 1 aromatic rings. The summed E-state index contributed by atoms with van der Waals surface area (Å²) in [5.41, 5.74) is 3.32. The molecule has 5 nitrogen and oxygen atoms in total. The first-order valence-corrected chi connectivity index (χ1v) is 8.70. The van der Waals surface area contributed by atoms with Gasteiger partial charge < -0.3 is 10.4 Å². The second-order valence-electron chi connectivity index (χ2n) is 6.31. The number of nitrogens with one attached hydrogen (secondary N) is 1. The molecule has 0 fully saturated rings. The van der Waals surface area contributed by atoms with Crippen LogP contribution in [0.2, 0.25) is 0 Å². The van der Waals surface area contributed by atoms with E-state index in [0.717, 1.165) is 32.1 Å². The van der Waals surface area contributed by atoms with Crippen LogP contribution >= 0.6 is 0 Å². The molecular weight excluding hydrogens is 306 g/mol. The summed E-state index contributed by atoms with van der Waals surface area (Å²) in [4.78, 5) is 34.3. The van der Waals surface area contributed by atoms with Gasteiger partial charge in [0.1, 0.15) is 0 Å². The number of fused-ring (bicyclic) bond motifs is 1. The van der Waals surface area contributed by atoms with E-state index in [2.05, 4.69) is 5.32 Å². The number of rotatable bonds is 10. The van der Waals surface area contributed by atoms with Crippen LogP contribution in [0.3, 0.4) is 0 Å². The summed E-state index contributed by atoms with van der Waals surface area (Å²) in [6, 6.07) is 5.88. The Morgan fingerprint density at radius 2 is 1.75 bits per heavy atom. The quantitative estimate of drug-likeness (QED) is 0.510. The molecule has 0 spiro atoms. The minimum atomic E-state index is -0.788. The van der Waals surface area contributed by atoms with E-state index in [9.17, 15) is 14.4 Å². The van der Waals surface area contributed by atoms with Gasteiger partial charge in [0.2, 0.25) is 5.91 Å². The summed E-state index contributed by atoms with van der Waals surface area (Å²) < 4.78 is 0. The number of carboxylic acid groups (broad SMARTS) is 1. The van der Waals surface area contributed by atoms with E-state index in [1.165, 1.54) is 11.1 Å². The van der Waals surface area contributed by atoms with Gasteiger partial charge in [0.25, 0.3) is 0 Å². The molecule has 0 aliphatic heterocycles. The first kappa shape index (κ1) is 18.2. The summed E-state index contributed by atoms with van der Waals surface area (Å²) in [5.74, 6) is -0.895. The smallest absolute Gasteiger partial charge is 0.303 e. The fraction of sp³-hybridized carbons (Fsp3) is 0.526. The van der Waals surface area contributed by atoms with Crippen molar-refractivity contribution < 1.29 is 19.5 Å². The SMILES string of the molecule is O=C(O)CCCCCNC(=O)CCC(=O)c1ccc2c(c1)CCC2. The van der Waals surface area contributed by atoms with Gasteiger partial charge in [-0.3, -0.25) is 14.4 Å². The van der Waals surface area contributed by atoms with Crippen molar-refractivity contribution in [3.63, 3.8) is 0 Å². The monoisotopic (exact) mass is 331 g/mol. The second kappa shape index (κ2) is 9.21. The number of carboxylic acids is 1. The predicted molar refractivity (Wildman–Crippen MR) is 91.1 cm³/mol. The first-order chi connectivity index (χ1) is 11.6. The maximum Gasteiger partial charge on any atom is 0.303 e. The van der Waals surface area contributed by atoms with Gasteiger partial charge in [-0.2, -0.15) is 0 Å². The second-order valence-corrected chi connectivity index (χ2v) is 6.31. The van der Waals surface area contributed by atoms with Crippen LogP contribution in [0.1, 0.15) is 66.4 Å². The van der Waals surface area contributed by atoms with Crippen molar-refractivity contribution in [3.05, 3.63) is 34.9 Å². The Labute approximate surface area is 142 Å². The van der Waals surface area contributed by atoms with Crippen LogP contribution in [0.4, 0.5) is 0 Å². The Hall–Kier alpha value is -2.17. The fourth-order valence-corrected chi connectivity index (χ4v) is 3.01. The summed E-state index contributed by atoms with van der Waals surface area (Å²) in [5, 5.41) is 11.3. The van der Waals surface area contributed by atoms with E-state index in [-0.39, 0.29) is 31.0 Å². The number of Topliss-reactive ketones (excluding diaryl/α,β-unsaturated/α-hetero) is 1. The highest BCUT2D eigenvalue weighted by Gasteiger charge is 2.14. The Balaban J connectivity index is 1.63. The zero-order valence-electron chi connectivity index (χ0n) is 14.0. The number of hydrogen-bond acceptors (Lipinski definition) is 3. The lowest BCUT2D eigenvalue weighted by Gasteiger charge is -2.06. The van der Waals surface area contributed by atoms with Crippen molar-refractivity contribution >= 4 is 17.7 Å². The van der Waals surface area contributed by atoms with Gasteiger partial charge >= 0.3 is 5.97 Å². The topological polar surface area (TPSA) is 83.5 Å². The average molecular weight is 331 g/mol. The molecule has 1 aliphatic carbocycles. The molecule has 0 radical (unpaired) electrons. The maximum atomic E-state index is 12.2. The van der Waals surface area contributed by atoms with Gasteiger partial charge in [0, 0.05) is 31.4 Å². The number of unbranched alkanes of at least 4 members (excludes halogenated alkanes) is 2. The Bertz CT molecular complexity index is 609. The molecule has 1 aliphatic rings. The number of carbonyl (C=O) groups is 3. The van der Waals surface area contributed by atoms with Gasteiger partial charge in [-0.25, -0.2) is 0 Å². The lowest BCUT2D eigenvalue weighted by atomic mass is 10.0. The van der Waals surface area contributed by atoms with Crippen LogP contribution in [0.5, 0.6) is 0 Å². The standard InChI is InChI=1S/C19H25NO4/c21-17(16-9-8-14-5-4-6-15(14)13-16)10-11-18(22)20-12-3-1-2-7-19(23)24/h8-9,13H,1-7,10-12H2,(H,20,22)(H,23,24). The lowest BCUT2D eigenvalue weighted by Crippen LogP contribution is -2.24. The molecule has 0 aromatic heterocycles. The summed E-state index contributed by atoms with van der Waals surface area (Å²) in [6.07, 6.45) is 6.05. The number of aryl methyl sites for hydroxylation is 2. The molecular formula is C19H25NO4. The Morgan fingerprint density at radius 3 is 2.54 bits per heavy atom. The van der Waals surface area contributed by atoms with Gasteiger partial charge in [-0.1, -0.05) is 18.6 Å². The summed E-state index contributed by atoms with van der Waals surface area (Å²) in [7, 11) is 0. The Kier molecular flexibility index (Phi) is 6.97. The normalized spacial score (nSPS) is 12.7. The van der Waals surface area contributed by atoms with Crippen molar-refractivity contribution in [1.82, 2.24) is 5.32 Å². The summed E-state index contributed by atoms with van der Waals surface area (Å²) >= 11 is 0. The van der Waals surface area contributed by atoms with Crippen LogP contribution in [0.15, 0.2) is 18.2 Å². The van der Waals surface area contributed by atoms with Crippen molar-refractivity contribution in [2.75, 3.05) is 6.54 Å². The number of ketones is 1. The average Bonchev–Trinajstić information content (AvgIpc) is 3.03. The third-order valence-corrected chi connectivity index (χ3v) is 4.39. The van der Waals surface area contributed by atoms with Crippen LogP contribution < -0.4 is 5.32 Å². The molecule has 5 heteroatoms. The zero-order valence-corrected chi connectivity index (χ0v) is 14.0. The lowest BCUT2D eigenvalue weighted by molar-refractivity contribution is -0.137. The molecule has 0 atom stereocenters. The number of hydrogen-bond donors (Lipinski definition) is 2. The van der Waals surface area contributed by atoms with Gasteiger partial charge in [-0.15, -0.1) is 0 Å². The number of benzene rings is 1. The minimum Gasteiger partial charge on any atom is -0.481 e. The zero-order chi connectivity index (χ0) is 17.4. The molecule has 0 heterocycles. The van der Waals surface area contributed by atoms with Crippen LogP contribution in [0.25, 0.3) is 0 Å². The summed E-state index contributed by atoms with van der Waals surface area (Å²) in [6.45, 7) is 0.533. The van der Waals surface area contributed by atoms with E-state index in [1.807, 2.05) is 18.2 Å². The largest absolute Gasteiger partial charge is 0.481 e. The molecule has 0 saturated heterocycles. The number of aliphatic carboxylic acids is 1. The van der Waals surface area contributed by atoms with Gasteiger partial charge in [-0.05, 0) is 49.3 Å². The third-order valence-electron chi connectivity index (χ3n) is 4.39. The highest BCUT2D eigenvalue weighted by molar-refractivity contribution is 5.98. The van der Waals surface area contributed by atoms with Crippen LogP contribution in [-0.4, -0.2) is 29.3 Å². The fourth-order valence-electron chi connectivity index (χ4n) is 3.01. The minimum absolute atomic E-state index is 0.0151. The van der Waals surface area contributed by atoms with E-state index in [1.54, 1.807) is 0 Å². The number of carbonyl (C=O) groups excluding carboxylic acids is 2. The highest BCUT2D eigenvalue weighted by atomic mass is 16.4. The molecule has 0 bridgehead atoms. The molecule has 0 unspecified atom stereocenters. The first-order valence-electron chi connectivity index (χ1n) is 8.70. The molecule has 1 aromatic carbocycles. The van der Waals surface area contributed by atoms with Gasteiger partial charge in [0.05, 0.1) is 0 Å². The molecule has 0 saturated carbocycles. The maximum absolute atomic E-state index is 12.2. The Morgan fingerprint density at radius 1 is 0.958 bits per heavy atom. The van der Waals surface area contributed by atoms with E-state index >= 15 is 0 Å².